The van der Waals surface area contributed by atoms with Gasteiger partial charge in [-0.15, -0.1) is 0 Å². The van der Waals surface area contributed by atoms with Crippen molar-refractivity contribution in [3.63, 3.8) is 0 Å². The summed E-state index contributed by atoms with van der Waals surface area (Å²) in [5.41, 5.74) is 9.30. The number of hydrogen-bond donors (Lipinski definition) is 0. The molecule has 0 N–H and O–H groups in total. The third-order valence-corrected chi connectivity index (χ3v) is 8.40. The van der Waals surface area contributed by atoms with Gasteiger partial charge in [-0.1, -0.05) is 90.6 Å². The van der Waals surface area contributed by atoms with E-state index < -0.39 is 0 Å². The molecule has 7 aromatic rings. The molecule has 0 saturated heterocycles. The first-order chi connectivity index (χ1) is 17.8. The Kier molecular flexibility index (Phi) is 4.22. The molecule has 6 aromatic carbocycles. The number of para-hydroxylation sites is 1. The molecule has 0 atom stereocenters. The van der Waals surface area contributed by atoms with Crippen LogP contribution in [-0.2, 0) is 0 Å². The van der Waals surface area contributed by atoms with Gasteiger partial charge < -0.3 is 4.42 Å². The number of rotatable bonds is 2. The maximum atomic E-state index is 6.15. The molecule has 0 amide bonds. The summed E-state index contributed by atoms with van der Waals surface area (Å²) in [6.45, 7) is 0. The Morgan fingerprint density at radius 3 is 2.08 bits per heavy atom. The first-order valence-electron chi connectivity index (χ1n) is 12.2. The van der Waals surface area contributed by atoms with Gasteiger partial charge in [-0.05, 0) is 81.2 Å². The van der Waals surface area contributed by atoms with E-state index >= 15 is 0 Å². The molecule has 2 heteroatoms. The van der Waals surface area contributed by atoms with Crippen LogP contribution in [0.3, 0.4) is 0 Å². The van der Waals surface area contributed by atoms with Gasteiger partial charge in [0.15, 0.2) is 0 Å². The highest BCUT2D eigenvalue weighted by molar-refractivity contribution is 7.99. The van der Waals surface area contributed by atoms with Gasteiger partial charge in [0.25, 0.3) is 0 Å². The Bertz CT molecular complexity index is 1970. The number of hydrogen-bond acceptors (Lipinski definition) is 2. The Balaban J connectivity index is 1.24. The van der Waals surface area contributed by atoms with E-state index in [4.69, 9.17) is 4.42 Å². The Morgan fingerprint density at radius 2 is 1.17 bits per heavy atom. The second-order valence-corrected chi connectivity index (χ2v) is 10.4. The first-order valence-corrected chi connectivity index (χ1v) is 13.0. The molecule has 0 bridgehead atoms. The van der Waals surface area contributed by atoms with Crippen LogP contribution in [0.2, 0.25) is 0 Å². The third kappa shape index (κ3) is 2.98. The smallest absolute Gasteiger partial charge is 0.136 e. The van der Waals surface area contributed by atoms with E-state index in [-0.39, 0.29) is 0 Å². The lowest BCUT2D eigenvalue weighted by molar-refractivity contribution is 0.669. The first kappa shape index (κ1) is 20.0. The van der Waals surface area contributed by atoms with Crippen molar-refractivity contribution in [3.8, 4) is 33.4 Å². The molecule has 0 spiro atoms. The zero-order valence-electron chi connectivity index (χ0n) is 19.4. The van der Waals surface area contributed by atoms with Crippen LogP contribution in [0.5, 0.6) is 0 Å². The highest BCUT2D eigenvalue weighted by atomic mass is 32.2. The van der Waals surface area contributed by atoms with Crippen LogP contribution >= 0.6 is 11.8 Å². The molecule has 1 aliphatic rings. The summed E-state index contributed by atoms with van der Waals surface area (Å²) < 4.78 is 6.15. The summed E-state index contributed by atoms with van der Waals surface area (Å²) in [4.78, 5) is 2.66. The number of fused-ring (bicyclic) bond motifs is 5. The van der Waals surface area contributed by atoms with Crippen molar-refractivity contribution < 1.29 is 4.42 Å². The van der Waals surface area contributed by atoms with Crippen LogP contribution in [0.15, 0.2) is 136 Å². The molecular formula is C34H20OS. The summed E-state index contributed by atoms with van der Waals surface area (Å²) in [5, 5.41) is 4.99. The van der Waals surface area contributed by atoms with Crippen molar-refractivity contribution in [3.05, 3.63) is 121 Å². The SMILES string of the molecule is c1cc(-c2ccc3c(c2)-c2cccc4cccc(c24)S3)cc(-c2ccc3c(c2)oc2ccccc23)c1. The van der Waals surface area contributed by atoms with Gasteiger partial charge >= 0.3 is 0 Å². The van der Waals surface area contributed by atoms with Crippen LogP contribution in [0.25, 0.3) is 66.1 Å². The highest BCUT2D eigenvalue weighted by Gasteiger charge is 2.19. The molecular weight excluding hydrogens is 456 g/mol. The fourth-order valence-corrected chi connectivity index (χ4v) is 6.66. The minimum absolute atomic E-state index is 0.927. The lowest BCUT2D eigenvalue weighted by atomic mass is 9.93. The van der Waals surface area contributed by atoms with E-state index in [0.717, 1.165) is 27.5 Å². The maximum absolute atomic E-state index is 6.15. The average Bonchev–Trinajstić information content (AvgIpc) is 3.31. The fourth-order valence-electron chi connectivity index (χ4n) is 5.53. The van der Waals surface area contributed by atoms with Gasteiger partial charge in [-0.25, -0.2) is 0 Å². The van der Waals surface area contributed by atoms with E-state index in [1.54, 1.807) is 0 Å². The predicted octanol–water partition coefficient (Wildman–Crippen LogP) is 10.2. The third-order valence-electron chi connectivity index (χ3n) is 7.26. The monoisotopic (exact) mass is 476 g/mol. The minimum Gasteiger partial charge on any atom is -0.456 e. The van der Waals surface area contributed by atoms with E-state index in [2.05, 4.69) is 109 Å². The van der Waals surface area contributed by atoms with Crippen LogP contribution < -0.4 is 0 Å². The normalized spacial score (nSPS) is 12.3. The number of furan rings is 1. The van der Waals surface area contributed by atoms with Gasteiger partial charge in [0.05, 0.1) is 0 Å². The van der Waals surface area contributed by atoms with Crippen molar-refractivity contribution in [1.82, 2.24) is 0 Å². The molecule has 168 valence electrons. The second-order valence-electron chi connectivity index (χ2n) is 9.36. The summed E-state index contributed by atoms with van der Waals surface area (Å²) in [6, 6.07) is 43.7. The Labute approximate surface area is 213 Å². The highest BCUT2D eigenvalue weighted by Crippen LogP contribution is 2.48. The summed E-state index contributed by atoms with van der Waals surface area (Å²) in [6.07, 6.45) is 0. The summed E-state index contributed by atoms with van der Waals surface area (Å²) in [7, 11) is 0. The Morgan fingerprint density at radius 1 is 0.444 bits per heavy atom. The topological polar surface area (TPSA) is 13.1 Å². The maximum Gasteiger partial charge on any atom is 0.136 e. The molecule has 1 nitrogen and oxygen atoms in total. The van der Waals surface area contributed by atoms with E-state index in [1.165, 1.54) is 48.4 Å². The lowest BCUT2D eigenvalue weighted by Crippen LogP contribution is -1.93. The molecule has 1 aliphatic heterocycles. The van der Waals surface area contributed by atoms with Crippen molar-refractivity contribution in [1.29, 1.82) is 0 Å². The molecule has 0 unspecified atom stereocenters. The fraction of sp³-hybridized carbons (Fsp3) is 0. The molecule has 0 saturated carbocycles. The van der Waals surface area contributed by atoms with E-state index in [0.29, 0.717) is 0 Å². The summed E-state index contributed by atoms with van der Waals surface area (Å²) >= 11 is 1.87. The molecule has 0 radical (unpaired) electrons. The van der Waals surface area contributed by atoms with Crippen LogP contribution in [0.4, 0.5) is 0 Å². The van der Waals surface area contributed by atoms with Gasteiger partial charge in [0, 0.05) is 25.9 Å². The molecule has 2 heterocycles. The molecule has 36 heavy (non-hydrogen) atoms. The molecule has 0 aliphatic carbocycles. The largest absolute Gasteiger partial charge is 0.456 e. The zero-order valence-corrected chi connectivity index (χ0v) is 20.2. The van der Waals surface area contributed by atoms with Crippen molar-refractivity contribution in [2.24, 2.45) is 0 Å². The van der Waals surface area contributed by atoms with Gasteiger partial charge in [0.2, 0.25) is 0 Å². The molecule has 0 fully saturated rings. The predicted molar refractivity (Wildman–Crippen MR) is 152 cm³/mol. The van der Waals surface area contributed by atoms with Crippen molar-refractivity contribution in [2.75, 3.05) is 0 Å². The summed E-state index contributed by atoms with van der Waals surface area (Å²) in [5.74, 6) is 0. The van der Waals surface area contributed by atoms with Crippen LogP contribution in [-0.4, -0.2) is 0 Å². The average molecular weight is 477 g/mol. The van der Waals surface area contributed by atoms with E-state index in [9.17, 15) is 0 Å². The van der Waals surface area contributed by atoms with E-state index in [1.807, 2.05) is 23.9 Å². The molecule has 1 aromatic heterocycles. The van der Waals surface area contributed by atoms with Gasteiger partial charge in [0.1, 0.15) is 11.2 Å². The van der Waals surface area contributed by atoms with Crippen molar-refractivity contribution in [2.45, 2.75) is 9.79 Å². The van der Waals surface area contributed by atoms with Gasteiger partial charge in [-0.3, -0.25) is 0 Å². The second kappa shape index (κ2) is 7.61. The van der Waals surface area contributed by atoms with Crippen LogP contribution in [0, 0.1) is 0 Å². The van der Waals surface area contributed by atoms with Crippen molar-refractivity contribution >= 4 is 44.5 Å². The quantitative estimate of drug-likeness (QED) is 0.246. The molecule has 8 rings (SSSR count). The standard InChI is InChI=1S/C34H20OS/c1-2-12-30-26(10-1)27-16-14-25(20-31(27)35-30)23-9-3-8-22(18-23)24-15-17-32-29(19-24)28-11-4-6-21-7-5-13-33(36-32)34(21)28/h1-20H. The Hall–Kier alpha value is -4.27. The minimum atomic E-state index is 0.927. The lowest BCUT2D eigenvalue weighted by Gasteiger charge is -2.21. The number of benzene rings is 6. The van der Waals surface area contributed by atoms with Crippen LogP contribution in [0.1, 0.15) is 0 Å². The van der Waals surface area contributed by atoms with Gasteiger partial charge in [-0.2, -0.15) is 0 Å². The zero-order chi connectivity index (χ0) is 23.6.